The molecule has 1 aliphatic rings. The van der Waals surface area contributed by atoms with Crippen molar-refractivity contribution in [1.82, 2.24) is 5.32 Å². The summed E-state index contributed by atoms with van der Waals surface area (Å²) in [5.41, 5.74) is 2.76. The van der Waals surface area contributed by atoms with Crippen molar-refractivity contribution in [2.45, 2.75) is 73.4 Å². The molecule has 1 unspecified atom stereocenters. The molecule has 206 valence electrons. The number of carbonyl (C=O) groups excluding carboxylic acids is 1. The summed E-state index contributed by atoms with van der Waals surface area (Å²) in [7, 11) is 0. The van der Waals surface area contributed by atoms with Crippen molar-refractivity contribution in [2.24, 2.45) is 10.4 Å². The highest BCUT2D eigenvalue weighted by molar-refractivity contribution is 5.90. The molecule has 0 aromatic heterocycles. The fraction of sp³-hybridized carbons (Fsp3) is 0.483. The van der Waals surface area contributed by atoms with Crippen LogP contribution in [0, 0.1) is 29.5 Å². The fourth-order valence-corrected chi connectivity index (χ4v) is 3.74. The largest absolute Gasteiger partial charge is 0.493 e. The second-order valence-electron chi connectivity index (χ2n) is 9.55. The number of carbonyl (C=O) groups is 1. The number of fused-ring (bicyclic) bond motifs is 1. The lowest BCUT2D eigenvalue weighted by Gasteiger charge is -2.24. The number of unbranched alkanes of at least 4 members (excludes halogenated alkanes) is 2. The van der Waals surface area contributed by atoms with Gasteiger partial charge in [0, 0.05) is 30.1 Å². The van der Waals surface area contributed by atoms with Crippen LogP contribution < -0.4 is 26.0 Å². The van der Waals surface area contributed by atoms with Crippen LogP contribution in [0.5, 0.6) is 5.75 Å². The number of amides is 2. The highest BCUT2D eigenvalue weighted by atomic mass is 19.1. The first-order chi connectivity index (χ1) is 18.2. The Morgan fingerprint density at radius 1 is 1.24 bits per heavy atom. The highest BCUT2D eigenvalue weighted by Crippen LogP contribution is 2.35. The summed E-state index contributed by atoms with van der Waals surface area (Å²) < 4.78 is 20.8. The molecule has 0 spiro atoms. The summed E-state index contributed by atoms with van der Waals surface area (Å²) in [6, 6.07) is 10.5. The Hall–Kier alpha value is -3.80. The van der Waals surface area contributed by atoms with E-state index in [2.05, 4.69) is 39.3 Å². The number of anilines is 3. The van der Waals surface area contributed by atoms with Gasteiger partial charge < -0.3 is 26.0 Å². The van der Waals surface area contributed by atoms with Gasteiger partial charge in [-0.1, -0.05) is 33.6 Å². The number of hydrogen-bond acceptors (Lipinski definition) is 6. The third kappa shape index (κ3) is 8.94. The van der Waals surface area contributed by atoms with Crippen LogP contribution in [0.15, 0.2) is 35.3 Å². The zero-order valence-corrected chi connectivity index (χ0v) is 23.4. The lowest BCUT2D eigenvalue weighted by molar-refractivity contribution is 0.251. The van der Waals surface area contributed by atoms with Gasteiger partial charge in [-0.25, -0.2) is 14.2 Å². The maximum absolute atomic E-state index is 15.0. The first-order valence-electron chi connectivity index (χ1n) is 13.3. The second-order valence-corrected chi connectivity index (χ2v) is 9.55. The predicted octanol–water partition coefficient (Wildman–Crippen LogP) is 7.36. The Morgan fingerprint density at radius 3 is 2.68 bits per heavy atom. The predicted molar refractivity (Wildman–Crippen MR) is 153 cm³/mol. The number of nitriles is 1. The first-order valence-corrected chi connectivity index (χ1v) is 13.3. The van der Waals surface area contributed by atoms with E-state index in [1.807, 2.05) is 46.8 Å². The molecule has 4 N–H and O–H groups in total. The molecule has 0 fully saturated rings. The topological polar surface area (TPSA) is 111 Å². The second kappa shape index (κ2) is 14.8. The number of nitrogens with zero attached hydrogens (tertiary/aromatic N) is 2. The van der Waals surface area contributed by atoms with Gasteiger partial charge >= 0.3 is 6.03 Å². The monoisotopic (exact) mass is 524 g/mol. The number of hydrogen-bond donors (Lipinski definition) is 4. The van der Waals surface area contributed by atoms with Gasteiger partial charge in [0.25, 0.3) is 0 Å². The number of halogens is 1. The molecule has 2 amide bonds. The average Bonchev–Trinajstić information content (AvgIpc) is 2.89. The van der Waals surface area contributed by atoms with Crippen LogP contribution in [-0.2, 0) is 0 Å². The zero-order chi connectivity index (χ0) is 28.1. The third-order valence-corrected chi connectivity index (χ3v) is 5.95. The van der Waals surface area contributed by atoms with Crippen molar-refractivity contribution in [2.75, 3.05) is 29.1 Å². The summed E-state index contributed by atoms with van der Waals surface area (Å²) in [6.07, 6.45) is 4.59. The lowest BCUT2D eigenvalue weighted by atomic mass is 9.92. The Labute approximate surface area is 226 Å². The van der Waals surface area contributed by atoms with Crippen molar-refractivity contribution in [1.29, 1.82) is 5.26 Å². The van der Waals surface area contributed by atoms with Crippen molar-refractivity contribution >= 4 is 29.4 Å². The normalized spacial score (nSPS) is 13.7. The van der Waals surface area contributed by atoms with Gasteiger partial charge in [0.05, 0.1) is 35.7 Å². The average molecular weight is 525 g/mol. The maximum Gasteiger partial charge on any atom is 0.319 e. The zero-order valence-electron chi connectivity index (χ0n) is 23.4. The molecule has 3 rings (SSSR count). The van der Waals surface area contributed by atoms with E-state index in [4.69, 9.17) is 10.00 Å². The Bertz CT molecular complexity index is 1140. The SMILES string of the molecule is CC.CCCCCOc1cc(F)c2c(c1)NC=NC2Nc1ccc(NC(=O)NCCC(C)(C)C#N)c(C)c1. The number of aliphatic imine (C=N–C) groups is 1. The van der Waals surface area contributed by atoms with E-state index in [0.29, 0.717) is 42.3 Å². The van der Waals surface area contributed by atoms with Crippen molar-refractivity contribution < 1.29 is 13.9 Å². The van der Waals surface area contributed by atoms with E-state index >= 15 is 4.39 Å². The molecular weight excluding hydrogens is 483 g/mol. The van der Waals surface area contributed by atoms with Crippen molar-refractivity contribution in [3.05, 3.63) is 47.3 Å². The third-order valence-electron chi connectivity index (χ3n) is 5.95. The van der Waals surface area contributed by atoms with Crippen LogP contribution in [0.4, 0.5) is 26.2 Å². The quantitative estimate of drug-likeness (QED) is 0.230. The first kappa shape index (κ1) is 30.4. The summed E-state index contributed by atoms with van der Waals surface area (Å²) in [4.78, 5) is 16.6. The summed E-state index contributed by atoms with van der Waals surface area (Å²) >= 11 is 0. The van der Waals surface area contributed by atoms with Crippen LogP contribution in [0.2, 0.25) is 0 Å². The summed E-state index contributed by atoms with van der Waals surface area (Å²) in [6.45, 7) is 12.6. The van der Waals surface area contributed by atoms with E-state index < -0.39 is 17.4 Å². The number of nitrogens with one attached hydrogen (secondary N) is 4. The van der Waals surface area contributed by atoms with E-state index in [1.165, 1.54) is 6.07 Å². The van der Waals surface area contributed by atoms with E-state index in [0.717, 1.165) is 30.5 Å². The molecule has 2 aromatic rings. The number of aryl methyl sites for hydroxylation is 1. The van der Waals surface area contributed by atoms with Gasteiger partial charge in [-0.3, -0.25) is 0 Å². The molecule has 0 saturated heterocycles. The minimum absolute atomic E-state index is 0.334. The van der Waals surface area contributed by atoms with Crippen LogP contribution in [0.25, 0.3) is 0 Å². The Kier molecular flexibility index (Phi) is 11.9. The fourth-order valence-electron chi connectivity index (χ4n) is 3.74. The smallest absolute Gasteiger partial charge is 0.319 e. The standard InChI is InChI=1S/C27H35FN6O2.C2H6/c1-5-6-7-12-36-20-14-21(28)24-23(15-20)31-17-32-25(24)33-19-8-9-22(18(2)13-19)34-26(35)30-11-10-27(3,4)16-29;1-2/h8-9,13-15,17,25,33H,5-7,10-12H2,1-4H3,(H,31,32)(H2,30,34,35);1-2H3. The molecule has 0 saturated carbocycles. The van der Waals surface area contributed by atoms with Gasteiger partial charge in [-0.15, -0.1) is 0 Å². The van der Waals surface area contributed by atoms with Crippen molar-refractivity contribution in [3.63, 3.8) is 0 Å². The maximum atomic E-state index is 15.0. The Balaban J connectivity index is 0.00000247. The summed E-state index contributed by atoms with van der Waals surface area (Å²) in [5, 5.41) is 20.9. The van der Waals surface area contributed by atoms with Crippen LogP contribution in [0.1, 0.15) is 77.6 Å². The molecule has 2 aromatic carbocycles. The molecule has 1 heterocycles. The molecule has 0 aliphatic carbocycles. The number of benzene rings is 2. The van der Waals surface area contributed by atoms with Gasteiger partial charge in [0.15, 0.2) is 6.17 Å². The molecule has 1 aliphatic heterocycles. The molecule has 8 nitrogen and oxygen atoms in total. The Morgan fingerprint density at radius 2 is 2.00 bits per heavy atom. The molecule has 0 radical (unpaired) electrons. The van der Waals surface area contributed by atoms with Gasteiger partial charge in [0.1, 0.15) is 11.6 Å². The van der Waals surface area contributed by atoms with Gasteiger partial charge in [0.2, 0.25) is 0 Å². The van der Waals surface area contributed by atoms with E-state index in [-0.39, 0.29) is 6.03 Å². The molecule has 38 heavy (non-hydrogen) atoms. The molecular formula is C29H41FN6O2. The highest BCUT2D eigenvalue weighted by Gasteiger charge is 2.23. The van der Waals surface area contributed by atoms with E-state index in [1.54, 1.807) is 18.5 Å². The van der Waals surface area contributed by atoms with E-state index in [9.17, 15) is 4.79 Å². The van der Waals surface area contributed by atoms with Crippen LogP contribution in [-0.4, -0.2) is 25.5 Å². The number of ether oxygens (including phenoxy) is 1. The molecule has 9 heteroatoms. The molecule has 1 atom stereocenters. The summed E-state index contributed by atoms with van der Waals surface area (Å²) in [5.74, 6) is 0.0933. The van der Waals surface area contributed by atoms with Gasteiger partial charge in [-0.2, -0.15) is 5.26 Å². The minimum atomic E-state index is -0.611. The van der Waals surface area contributed by atoms with Crippen molar-refractivity contribution in [3.8, 4) is 11.8 Å². The van der Waals surface area contributed by atoms with Crippen LogP contribution >= 0.6 is 0 Å². The number of urea groups is 1. The minimum Gasteiger partial charge on any atom is -0.493 e. The number of rotatable bonds is 11. The van der Waals surface area contributed by atoms with Gasteiger partial charge in [-0.05, 0) is 57.4 Å². The molecule has 0 bridgehead atoms. The van der Waals surface area contributed by atoms with Crippen LogP contribution in [0.3, 0.4) is 0 Å². The lowest BCUT2D eigenvalue weighted by Crippen LogP contribution is -2.31.